The highest BCUT2D eigenvalue weighted by Gasteiger charge is 2.13. The Morgan fingerprint density at radius 3 is 3.00 bits per heavy atom. The van der Waals surface area contributed by atoms with Gasteiger partial charge < -0.3 is 5.11 Å². The average Bonchev–Trinajstić information content (AvgIpc) is 2.64. The highest BCUT2D eigenvalue weighted by Crippen LogP contribution is 2.30. The van der Waals surface area contributed by atoms with E-state index in [4.69, 9.17) is 5.11 Å². The lowest BCUT2D eigenvalue weighted by atomic mass is 10.3. The minimum absolute atomic E-state index is 0.209. The van der Waals surface area contributed by atoms with Crippen molar-refractivity contribution in [3.8, 4) is 0 Å². The first-order chi connectivity index (χ1) is 7.66. The molecule has 0 saturated carbocycles. The zero-order valence-corrected chi connectivity index (χ0v) is 10.0. The van der Waals surface area contributed by atoms with Crippen molar-refractivity contribution in [1.29, 1.82) is 0 Å². The monoisotopic (exact) mass is 252 g/mol. The van der Waals surface area contributed by atoms with Gasteiger partial charge in [-0.05, 0) is 30.8 Å². The van der Waals surface area contributed by atoms with Gasteiger partial charge in [-0.3, -0.25) is 0 Å². The number of carboxylic acids is 1. The molecule has 1 N–H and O–H groups in total. The third-order valence-electron chi connectivity index (χ3n) is 1.78. The van der Waals surface area contributed by atoms with E-state index in [2.05, 4.69) is 9.97 Å². The fourth-order valence-corrected chi connectivity index (χ4v) is 2.93. The van der Waals surface area contributed by atoms with Crippen LogP contribution in [0.4, 0.5) is 0 Å². The molecule has 0 bridgehead atoms. The highest BCUT2D eigenvalue weighted by molar-refractivity contribution is 8.01. The first kappa shape index (κ1) is 11.1. The van der Waals surface area contributed by atoms with Crippen LogP contribution in [0.5, 0.6) is 0 Å². The molecule has 2 aromatic rings. The molecule has 0 radical (unpaired) electrons. The second kappa shape index (κ2) is 4.63. The Kier molecular flexibility index (Phi) is 3.21. The van der Waals surface area contributed by atoms with Crippen LogP contribution in [0.3, 0.4) is 0 Å². The van der Waals surface area contributed by atoms with Crippen LogP contribution in [0, 0.1) is 6.92 Å². The Hall–Kier alpha value is -1.40. The van der Waals surface area contributed by atoms with Crippen molar-refractivity contribution >= 4 is 29.1 Å². The Morgan fingerprint density at radius 2 is 2.38 bits per heavy atom. The molecule has 0 spiro atoms. The van der Waals surface area contributed by atoms with E-state index in [1.165, 1.54) is 29.2 Å². The smallest absolute Gasteiger partial charge is 0.338 e. The Labute approximate surface area is 100 Å². The summed E-state index contributed by atoms with van der Waals surface area (Å²) in [6, 6.07) is 3.15. The molecule has 0 amide bonds. The molecule has 0 unspecified atom stereocenters. The summed E-state index contributed by atoms with van der Waals surface area (Å²) in [6.07, 6.45) is 1.58. The number of hydrogen-bond acceptors (Lipinski definition) is 5. The van der Waals surface area contributed by atoms with Crippen molar-refractivity contribution in [2.24, 2.45) is 0 Å². The molecule has 2 aromatic heterocycles. The van der Waals surface area contributed by atoms with Crippen LogP contribution >= 0.6 is 23.1 Å². The van der Waals surface area contributed by atoms with Crippen molar-refractivity contribution in [3.63, 3.8) is 0 Å². The number of aromatic carboxylic acids is 1. The Balaban J connectivity index is 2.31. The molecular formula is C10H8N2O2S2. The number of rotatable bonds is 3. The van der Waals surface area contributed by atoms with E-state index in [9.17, 15) is 4.79 Å². The second-order valence-corrected chi connectivity index (χ2v) is 5.11. The predicted molar refractivity (Wildman–Crippen MR) is 62.2 cm³/mol. The topological polar surface area (TPSA) is 63.1 Å². The SMILES string of the molecule is Cc1csc(Sc2ncccc2C(=O)O)n1. The number of nitrogens with zero attached hydrogens (tertiary/aromatic N) is 2. The minimum atomic E-state index is -0.969. The highest BCUT2D eigenvalue weighted by atomic mass is 32.2. The van der Waals surface area contributed by atoms with Crippen molar-refractivity contribution in [2.75, 3.05) is 0 Å². The Bertz CT molecular complexity index is 525. The summed E-state index contributed by atoms with van der Waals surface area (Å²) in [5.41, 5.74) is 1.14. The van der Waals surface area contributed by atoms with Crippen molar-refractivity contribution in [3.05, 3.63) is 35.0 Å². The molecule has 82 valence electrons. The fourth-order valence-electron chi connectivity index (χ4n) is 1.10. The maximum absolute atomic E-state index is 10.9. The number of aromatic nitrogens is 2. The van der Waals surface area contributed by atoms with Crippen molar-refractivity contribution in [2.45, 2.75) is 16.3 Å². The van der Waals surface area contributed by atoms with E-state index in [-0.39, 0.29) is 5.56 Å². The zero-order valence-electron chi connectivity index (χ0n) is 8.38. The lowest BCUT2D eigenvalue weighted by molar-refractivity contribution is 0.0692. The van der Waals surface area contributed by atoms with Gasteiger partial charge in [-0.2, -0.15) is 0 Å². The van der Waals surface area contributed by atoms with E-state index >= 15 is 0 Å². The number of carbonyl (C=O) groups is 1. The standard InChI is InChI=1S/C10H8N2O2S2/c1-6-5-15-10(12-6)16-8-7(9(13)14)3-2-4-11-8/h2-5H,1H3,(H,13,14). The number of hydrogen-bond donors (Lipinski definition) is 1. The molecule has 0 aliphatic carbocycles. The molecule has 2 heterocycles. The van der Waals surface area contributed by atoms with Gasteiger partial charge in [-0.15, -0.1) is 11.3 Å². The molecule has 16 heavy (non-hydrogen) atoms. The zero-order chi connectivity index (χ0) is 11.5. The van der Waals surface area contributed by atoms with Crippen LogP contribution in [0.2, 0.25) is 0 Å². The van der Waals surface area contributed by atoms with Gasteiger partial charge >= 0.3 is 5.97 Å². The molecule has 6 heteroatoms. The van der Waals surface area contributed by atoms with Crippen molar-refractivity contribution in [1.82, 2.24) is 9.97 Å². The molecule has 2 rings (SSSR count). The third-order valence-corrected chi connectivity index (χ3v) is 3.86. The molecular weight excluding hydrogens is 244 g/mol. The quantitative estimate of drug-likeness (QED) is 0.910. The third kappa shape index (κ3) is 2.40. The Morgan fingerprint density at radius 1 is 1.56 bits per heavy atom. The van der Waals surface area contributed by atoms with Crippen LogP contribution in [0.25, 0.3) is 0 Å². The largest absolute Gasteiger partial charge is 0.478 e. The van der Waals surface area contributed by atoms with Crippen LogP contribution in [0.1, 0.15) is 16.1 Å². The minimum Gasteiger partial charge on any atom is -0.478 e. The summed E-state index contributed by atoms with van der Waals surface area (Å²) in [7, 11) is 0. The van der Waals surface area contributed by atoms with E-state index in [1.54, 1.807) is 12.3 Å². The lowest BCUT2D eigenvalue weighted by Crippen LogP contribution is -1.99. The van der Waals surface area contributed by atoms with Crippen molar-refractivity contribution < 1.29 is 9.90 Å². The van der Waals surface area contributed by atoms with E-state index in [0.717, 1.165) is 10.0 Å². The van der Waals surface area contributed by atoms with Gasteiger partial charge in [0.25, 0.3) is 0 Å². The van der Waals surface area contributed by atoms with Gasteiger partial charge in [0.15, 0.2) is 4.34 Å². The summed E-state index contributed by atoms with van der Waals surface area (Å²) in [5.74, 6) is -0.969. The number of thiazole rings is 1. The van der Waals surface area contributed by atoms with Gasteiger partial charge in [0.1, 0.15) is 5.03 Å². The average molecular weight is 252 g/mol. The van der Waals surface area contributed by atoms with Gasteiger partial charge in [-0.25, -0.2) is 14.8 Å². The van der Waals surface area contributed by atoms with E-state index in [0.29, 0.717) is 5.03 Å². The normalized spacial score (nSPS) is 10.3. The predicted octanol–water partition coefficient (Wildman–Crippen LogP) is 2.70. The summed E-state index contributed by atoms with van der Waals surface area (Å²) in [4.78, 5) is 19.3. The molecule has 0 fully saturated rings. The van der Waals surface area contributed by atoms with Gasteiger partial charge in [0.05, 0.1) is 5.56 Å². The molecule has 0 aliphatic heterocycles. The fraction of sp³-hybridized carbons (Fsp3) is 0.100. The number of aryl methyl sites for hydroxylation is 1. The van der Waals surface area contributed by atoms with Gasteiger partial charge in [0, 0.05) is 17.3 Å². The van der Waals surface area contributed by atoms with Crippen LogP contribution < -0.4 is 0 Å². The molecule has 0 atom stereocenters. The summed E-state index contributed by atoms with van der Waals surface area (Å²) in [5, 5.41) is 11.4. The lowest BCUT2D eigenvalue weighted by Gasteiger charge is -2.00. The van der Waals surface area contributed by atoms with Gasteiger partial charge in [0.2, 0.25) is 0 Å². The first-order valence-electron chi connectivity index (χ1n) is 4.45. The maximum Gasteiger partial charge on any atom is 0.338 e. The molecule has 0 aliphatic rings. The van der Waals surface area contributed by atoms with E-state index < -0.39 is 5.97 Å². The molecule has 0 saturated heterocycles. The van der Waals surface area contributed by atoms with E-state index in [1.807, 2.05) is 12.3 Å². The van der Waals surface area contributed by atoms with Crippen LogP contribution in [-0.4, -0.2) is 21.0 Å². The summed E-state index contributed by atoms with van der Waals surface area (Å²) < 4.78 is 0.804. The van der Waals surface area contributed by atoms with Crippen LogP contribution in [-0.2, 0) is 0 Å². The van der Waals surface area contributed by atoms with Gasteiger partial charge in [-0.1, -0.05) is 0 Å². The summed E-state index contributed by atoms with van der Waals surface area (Å²) >= 11 is 2.76. The maximum atomic E-state index is 10.9. The summed E-state index contributed by atoms with van der Waals surface area (Å²) in [6.45, 7) is 1.90. The first-order valence-corrected chi connectivity index (χ1v) is 6.14. The second-order valence-electron chi connectivity index (χ2n) is 3.02. The molecule has 0 aromatic carbocycles. The van der Waals surface area contributed by atoms with Crippen LogP contribution in [0.15, 0.2) is 33.1 Å². The molecule has 4 nitrogen and oxygen atoms in total. The number of pyridine rings is 1. The number of carboxylic acid groups (broad SMARTS) is 1.